The van der Waals surface area contributed by atoms with Gasteiger partial charge in [0.25, 0.3) is 0 Å². The first kappa shape index (κ1) is 20.7. The summed E-state index contributed by atoms with van der Waals surface area (Å²) in [5, 5.41) is 12.9. The summed E-state index contributed by atoms with van der Waals surface area (Å²) in [5.41, 5.74) is 2.98. The summed E-state index contributed by atoms with van der Waals surface area (Å²) in [7, 11) is 0. The first-order valence-electron chi connectivity index (χ1n) is 9.83. The van der Waals surface area contributed by atoms with E-state index in [0.717, 1.165) is 16.7 Å². The van der Waals surface area contributed by atoms with Crippen molar-refractivity contribution in [2.45, 2.75) is 38.3 Å². The lowest BCUT2D eigenvalue weighted by molar-refractivity contribution is -0.150. The van der Waals surface area contributed by atoms with Gasteiger partial charge in [0.15, 0.2) is 0 Å². The van der Waals surface area contributed by atoms with Crippen molar-refractivity contribution < 1.29 is 14.7 Å². The van der Waals surface area contributed by atoms with E-state index in [1.165, 1.54) is 6.92 Å². The topological polar surface area (TPSA) is 82.5 Å². The van der Waals surface area contributed by atoms with Crippen LogP contribution in [-0.4, -0.2) is 52.0 Å². The minimum Gasteiger partial charge on any atom is -0.394 e. The van der Waals surface area contributed by atoms with Gasteiger partial charge in [-0.15, -0.1) is 0 Å². The van der Waals surface area contributed by atoms with Gasteiger partial charge in [-0.25, -0.2) is 0 Å². The number of nitrogens with zero attached hydrogens (tertiary/aromatic N) is 2. The van der Waals surface area contributed by atoms with Crippen molar-refractivity contribution in [2.75, 3.05) is 13.2 Å². The van der Waals surface area contributed by atoms with E-state index in [-0.39, 0.29) is 42.8 Å². The van der Waals surface area contributed by atoms with Gasteiger partial charge in [0, 0.05) is 31.8 Å². The molecule has 152 valence electrons. The van der Waals surface area contributed by atoms with Gasteiger partial charge in [-0.2, -0.15) is 0 Å². The normalized spacial score (nSPS) is 21.1. The quantitative estimate of drug-likeness (QED) is 0.755. The number of rotatable bonds is 7. The van der Waals surface area contributed by atoms with E-state index < -0.39 is 0 Å². The van der Waals surface area contributed by atoms with Gasteiger partial charge in [0.1, 0.15) is 0 Å². The number of allylic oxidation sites excluding steroid dienone is 1. The predicted octanol–water partition coefficient (Wildman–Crippen LogP) is 2.15. The van der Waals surface area contributed by atoms with Crippen LogP contribution in [0.4, 0.5) is 0 Å². The van der Waals surface area contributed by atoms with E-state index in [1.54, 1.807) is 23.4 Å². The molecule has 29 heavy (non-hydrogen) atoms. The van der Waals surface area contributed by atoms with Crippen molar-refractivity contribution in [3.63, 3.8) is 0 Å². The molecule has 0 unspecified atom stereocenters. The van der Waals surface area contributed by atoms with Crippen LogP contribution < -0.4 is 5.32 Å². The van der Waals surface area contributed by atoms with Crippen LogP contribution in [0.1, 0.15) is 36.5 Å². The zero-order chi connectivity index (χ0) is 20.8. The summed E-state index contributed by atoms with van der Waals surface area (Å²) < 4.78 is 0. The van der Waals surface area contributed by atoms with Gasteiger partial charge in [-0.05, 0) is 29.7 Å². The summed E-state index contributed by atoms with van der Waals surface area (Å²) in [6.45, 7) is 3.66. The highest BCUT2D eigenvalue weighted by atomic mass is 16.3. The predicted molar refractivity (Wildman–Crippen MR) is 112 cm³/mol. The Hall–Kier alpha value is -2.99. The van der Waals surface area contributed by atoms with E-state index in [4.69, 9.17) is 0 Å². The number of benzene rings is 1. The number of hydrogen-bond acceptors (Lipinski definition) is 4. The number of likely N-dealkylation sites (tertiary alicyclic amines) is 1. The molecular weight excluding hydrogens is 366 g/mol. The van der Waals surface area contributed by atoms with Crippen molar-refractivity contribution in [2.24, 2.45) is 0 Å². The molecule has 1 aliphatic heterocycles. The Morgan fingerprint density at radius 1 is 1.21 bits per heavy atom. The molecule has 1 aromatic carbocycles. The van der Waals surface area contributed by atoms with Crippen LogP contribution >= 0.6 is 0 Å². The summed E-state index contributed by atoms with van der Waals surface area (Å²) >= 11 is 0. The smallest absolute Gasteiger partial charge is 0.227 e. The van der Waals surface area contributed by atoms with Crippen LogP contribution in [0, 0.1) is 0 Å². The van der Waals surface area contributed by atoms with Crippen LogP contribution in [0.5, 0.6) is 0 Å². The van der Waals surface area contributed by atoms with Crippen LogP contribution in [0.25, 0.3) is 6.08 Å². The maximum atomic E-state index is 13.0. The highest BCUT2D eigenvalue weighted by molar-refractivity contribution is 5.81. The Bertz CT molecular complexity index is 865. The Kier molecular flexibility index (Phi) is 6.77. The van der Waals surface area contributed by atoms with E-state index in [0.29, 0.717) is 6.54 Å². The average molecular weight is 393 g/mol. The summed E-state index contributed by atoms with van der Waals surface area (Å²) in [6, 6.07) is 11.3. The zero-order valence-corrected chi connectivity index (χ0v) is 16.8. The Morgan fingerprint density at radius 2 is 1.97 bits per heavy atom. The van der Waals surface area contributed by atoms with Gasteiger partial charge in [0.2, 0.25) is 11.8 Å². The molecular formula is C23H27N3O3. The lowest BCUT2D eigenvalue weighted by Crippen LogP contribution is -2.68. The van der Waals surface area contributed by atoms with E-state index >= 15 is 0 Å². The largest absolute Gasteiger partial charge is 0.394 e. The van der Waals surface area contributed by atoms with Crippen LogP contribution in [0.3, 0.4) is 0 Å². The fraction of sp³-hybridized carbons (Fsp3) is 0.348. The third-order valence-electron chi connectivity index (χ3n) is 5.34. The van der Waals surface area contributed by atoms with Crippen molar-refractivity contribution in [1.29, 1.82) is 0 Å². The molecule has 3 atom stereocenters. The number of aromatic nitrogens is 1. The Labute approximate surface area is 171 Å². The van der Waals surface area contributed by atoms with Crippen LogP contribution in [0.15, 0.2) is 54.9 Å². The highest BCUT2D eigenvalue weighted by Crippen LogP contribution is 2.41. The number of amides is 2. The molecule has 2 aromatic rings. The average Bonchev–Trinajstić information content (AvgIpc) is 2.69. The van der Waals surface area contributed by atoms with Crippen molar-refractivity contribution >= 4 is 17.9 Å². The van der Waals surface area contributed by atoms with Crippen LogP contribution in [0.2, 0.25) is 0 Å². The molecule has 3 rings (SSSR count). The second kappa shape index (κ2) is 9.47. The first-order valence-corrected chi connectivity index (χ1v) is 9.83. The number of nitrogens with one attached hydrogen (secondary N) is 1. The monoisotopic (exact) mass is 393 g/mol. The maximum absolute atomic E-state index is 13.0. The summed E-state index contributed by atoms with van der Waals surface area (Å²) in [5.74, 6) is -0.252. The minimum absolute atomic E-state index is 0.0376. The molecule has 1 aliphatic rings. The fourth-order valence-corrected chi connectivity index (χ4v) is 4.03. The summed E-state index contributed by atoms with van der Waals surface area (Å²) in [6.07, 6.45) is 7.56. The standard InChI is InChI=1S/C23H27N3O3/c1-3-5-17-7-9-19(10-8-17)23-20(14-25-16(2)28)26(21(23)15-27)22(29)12-18-6-4-11-24-13-18/h3-11,13,20-21,23,27H,12,14-15H2,1-2H3,(H,25,28)/b5-3+/t20-,21+,23-/m1/s1. The lowest BCUT2D eigenvalue weighted by Gasteiger charge is -2.55. The molecule has 1 fully saturated rings. The van der Waals surface area contributed by atoms with Crippen molar-refractivity contribution in [3.8, 4) is 0 Å². The van der Waals surface area contributed by atoms with Gasteiger partial charge in [-0.3, -0.25) is 14.6 Å². The van der Waals surface area contributed by atoms with Gasteiger partial charge in [0.05, 0.1) is 25.1 Å². The second-order valence-electron chi connectivity index (χ2n) is 7.29. The minimum atomic E-state index is -0.314. The third kappa shape index (κ3) is 4.71. The van der Waals surface area contributed by atoms with Gasteiger partial charge >= 0.3 is 0 Å². The number of aliphatic hydroxyl groups excluding tert-OH is 1. The number of carbonyl (C=O) groups is 2. The number of pyridine rings is 1. The molecule has 2 N–H and O–H groups in total. The van der Waals surface area contributed by atoms with E-state index in [2.05, 4.69) is 10.3 Å². The number of hydrogen-bond donors (Lipinski definition) is 2. The molecule has 0 spiro atoms. The molecule has 2 amide bonds. The zero-order valence-electron chi connectivity index (χ0n) is 16.8. The van der Waals surface area contributed by atoms with Crippen molar-refractivity contribution in [3.05, 3.63) is 71.6 Å². The summed E-state index contributed by atoms with van der Waals surface area (Å²) in [4.78, 5) is 30.3. The third-order valence-corrected chi connectivity index (χ3v) is 5.34. The molecule has 0 aliphatic carbocycles. The fourth-order valence-electron chi connectivity index (χ4n) is 4.03. The Morgan fingerprint density at radius 3 is 2.55 bits per heavy atom. The highest BCUT2D eigenvalue weighted by Gasteiger charge is 2.50. The molecule has 1 aromatic heterocycles. The molecule has 0 bridgehead atoms. The molecule has 0 saturated carbocycles. The molecule has 6 heteroatoms. The van der Waals surface area contributed by atoms with Gasteiger partial charge < -0.3 is 15.3 Å². The van der Waals surface area contributed by atoms with E-state index in [9.17, 15) is 14.7 Å². The van der Waals surface area contributed by atoms with Crippen LogP contribution in [-0.2, 0) is 16.0 Å². The first-order chi connectivity index (χ1) is 14.0. The van der Waals surface area contributed by atoms with Gasteiger partial charge in [-0.1, -0.05) is 42.5 Å². The van der Waals surface area contributed by atoms with Crippen molar-refractivity contribution in [1.82, 2.24) is 15.2 Å². The maximum Gasteiger partial charge on any atom is 0.227 e. The molecule has 0 radical (unpaired) electrons. The number of aliphatic hydroxyl groups is 1. The molecule has 2 heterocycles. The SMILES string of the molecule is C/C=C/c1ccc([C@@H]2[C@@H](CNC(C)=O)N(C(=O)Cc3cccnc3)[C@H]2CO)cc1. The number of carbonyl (C=O) groups excluding carboxylic acids is 2. The second-order valence-corrected chi connectivity index (χ2v) is 7.29. The Balaban J connectivity index is 1.83. The lowest BCUT2D eigenvalue weighted by atomic mass is 9.74. The van der Waals surface area contributed by atoms with E-state index in [1.807, 2.05) is 49.4 Å². The molecule has 1 saturated heterocycles. The molecule has 6 nitrogen and oxygen atoms in total.